The van der Waals surface area contributed by atoms with Crippen molar-refractivity contribution in [2.45, 2.75) is 9.97 Å². The summed E-state index contributed by atoms with van der Waals surface area (Å²) in [7, 11) is 0. The van der Waals surface area contributed by atoms with Gasteiger partial charge in [0.15, 0.2) is 0 Å². The van der Waals surface area contributed by atoms with Crippen LogP contribution in [0.1, 0.15) is 11.5 Å². The summed E-state index contributed by atoms with van der Waals surface area (Å²) in [5.41, 5.74) is -1.12. The number of nitrogens with zero attached hydrogens (tertiary/aromatic N) is 3. The zero-order valence-corrected chi connectivity index (χ0v) is 12.1. The molecule has 0 unspecified atom stereocenters. The van der Waals surface area contributed by atoms with Gasteiger partial charge < -0.3 is 4.52 Å². The van der Waals surface area contributed by atoms with Crippen LogP contribution in [0.25, 0.3) is 11.5 Å². The predicted molar refractivity (Wildman–Crippen MR) is 66.8 cm³/mol. The van der Waals surface area contributed by atoms with Gasteiger partial charge in [-0.1, -0.05) is 51.6 Å². The molecule has 0 aromatic carbocycles. The van der Waals surface area contributed by atoms with Crippen molar-refractivity contribution in [3.05, 3.63) is 28.7 Å². The van der Waals surface area contributed by atoms with E-state index in [1.807, 2.05) is 0 Å². The molecule has 0 atom stereocenters. The quantitative estimate of drug-likeness (QED) is 0.690. The monoisotopic (exact) mass is 365 g/mol. The number of halogens is 7. The van der Waals surface area contributed by atoms with Crippen molar-refractivity contribution in [1.29, 1.82) is 0 Å². The molecule has 11 heteroatoms. The Morgan fingerprint density at radius 2 is 1.80 bits per heavy atom. The Labute approximate surface area is 129 Å². The number of alkyl halides is 6. The average molecular weight is 367 g/mol. The smallest absolute Gasteiger partial charge is 0.334 e. The van der Waals surface area contributed by atoms with Gasteiger partial charge in [-0.15, -0.1) is 0 Å². The van der Waals surface area contributed by atoms with Crippen LogP contribution in [0.3, 0.4) is 0 Å². The van der Waals surface area contributed by atoms with E-state index in [0.717, 1.165) is 0 Å². The van der Waals surface area contributed by atoms with E-state index < -0.39 is 15.5 Å². The number of hydrogen-bond acceptors (Lipinski definition) is 4. The van der Waals surface area contributed by atoms with E-state index in [1.165, 1.54) is 0 Å². The molecule has 0 N–H and O–H groups in total. The first-order valence-corrected chi connectivity index (χ1v) is 6.24. The Kier molecular flexibility index (Phi) is 4.07. The minimum atomic E-state index is -4.56. The van der Waals surface area contributed by atoms with Crippen molar-refractivity contribution in [3.8, 4) is 11.5 Å². The lowest BCUT2D eigenvalue weighted by atomic mass is 10.2. The van der Waals surface area contributed by atoms with Gasteiger partial charge in [-0.05, 0) is 6.07 Å². The Morgan fingerprint density at radius 3 is 2.25 bits per heavy atom. The second-order valence-electron chi connectivity index (χ2n) is 3.47. The van der Waals surface area contributed by atoms with Gasteiger partial charge in [0.05, 0.1) is 10.6 Å². The molecule has 20 heavy (non-hydrogen) atoms. The Bertz CT molecular complexity index is 638. The SMILES string of the molecule is FC(F)(F)c1cnc(-c2noc(C(Cl)(Cl)Cl)n2)c(Cl)c1. The highest BCUT2D eigenvalue weighted by Crippen LogP contribution is 2.38. The molecule has 2 aromatic heterocycles. The molecule has 108 valence electrons. The average Bonchev–Trinajstić information content (AvgIpc) is 2.76. The van der Waals surface area contributed by atoms with E-state index in [-0.39, 0.29) is 22.4 Å². The zero-order chi connectivity index (χ0) is 15.1. The number of pyridine rings is 1. The third kappa shape index (κ3) is 3.28. The van der Waals surface area contributed by atoms with Crippen LogP contribution in [0.2, 0.25) is 5.02 Å². The van der Waals surface area contributed by atoms with E-state index >= 15 is 0 Å². The molecular formula is C9H2Cl4F3N3O. The molecule has 4 nitrogen and oxygen atoms in total. The van der Waals surface area contributed by atoms with Crippen molar-refractivity contribution in [3.63, 3.8) is 0 Å². The first-order valence-electron chi connectivity index (χ1n) is 4.73. The lowest BCUT2D eigenvalue weighted by Gasteiger charge is -2.07. The fraction of sp³-hybridized carbons (Fsp3) is 0.222. The summed E-state index contributed by atoms with van der Waals surface area (Å²) < 4.78 is 40.1. The molecule has 0 aliphatic heterocycles. The summed E-state index contributed by atoms with van der Waals surface area (Å²) in [5, 5.41) is 3.13. The van der Waals surface area contributed by atoms with Crippen LogP contribution >= 0.6 is 46.4 Å². The van der Waals surface area contributed by atoms with Gasteiger partial charge in [0.25, 0.3) is 9.68 Å². The normalized spacial score (nSPS) is 12.8. The minimum Gasteiger partial charge on any atom is -0.334 e. The molecule has 0 radical (unpaired) electrons. The minimum absolute atomic E-state index is 0.121. The lowest BCUT2D eigenvalue weighted by Crippen LogP contribution is -2.06. The molecule has 0 saturated carbocycles. The molecule has 0 spiro atoms. The van der Waals surface area contributed by atoms with Gasteiger partial charge in [-0.3, -0.25) is 4.98 Å². The first-order chi connectivity index (χ1) is 9.09. The van der Waals surface area contributed by atoms with Gasteiger partial charge in [0.2, 0.25) is 5.82 Å². The second kappa shape index (κ2) is 5.22. The van der Waals surface area contributed by atoms with Crippen molar-refractivity contribution in [2.75, 3.05) is 0 Å². The highest BCUT2D eigenvalue weighted by atomic mass is 35.6. The van der Waals surface area contributed by atoms with Crippen LogP contribution in [-0.2, 0) is 9.97 Å². The van der Waals surface area contributed by atoms with Crippen molar-refractivity contribution < 1.29 is 17.7 Å². The maximum absolute atomic E-state index is 12.5. The third-order valence-electron chi connectivity index (χ3n) is 2.05. The van der Waals surface area contributed by atoms with E-state index in [0.29, 0.717) is 12.3 Å². The van der Waals surface area contributed by atoms with E-state index in [4.69, 9.17) is 46.4 Å². The van der Waals surface area contributed by atoms with Gasteiger partial charge in [0, 0.05) is 6.20 Å². The summed E-state index contributed by atoms with van der Waals surface area (Å²) >= 11 is 22.3. The van der Waals surface area contributed by atoms with E-state index in [9.17, 15) is 13.2 Å². The second-order valence-corrected chi connectivity index (χ2v) is 6.16. The molecule has 0 aliphatic carbocycles. The Morgan fingerprint density at radius 1 is 1.15 bits per heavy atom. The van der Waals surface area contributed by atoms with Crippen LogP contribution in [0, 0.1) is 0 Å². The highest BCUT2D eigenvalue weighted by Gasteiger charge is 2.33. The molecule has 0 aliphatic rings. The fourth-order valence-electron chi connectivity index (χ4n) is 1.19. The van der Waals surface area contributed by atoms with Crippen LogP contribution < -0.4 is 0 Å². The van der Waals surface area contributed by atoms with Gasteiger partial charge in [0.1, 0.15) is 5.69 Å². The van der Waals surface area contributed by atoms with Gasteiger partial charge in [-0.2, -0.15) is 18.2 Å². The fourth-order valence-corrected chi connectivity index (χ4v) is 1.67. The van der Waals surface area contributed by atoms with E-state index in [2.05, 4.69) is 19.6 Å². The first kappa shape index (κ1) is 15.6. The molecule has 0 fully saturated rings. The largest absolute Gasteiger partial charge is 0.417 e. The molecule has 0 saturated heterocycles. The summed E-state index contributed by atoms with van der Waals surface area (Å²) in [4.78, 5) is 7.25. The molecular weight excluding hydrogens is 365 g/mol. The van der Waals surface area contributed by atoms with Crippen LogP contribution in [0.5, 0.6) is 0 Å². The van der Waals surface area contributed by atoms with Crippen LogP contribution in [0.4, 0.5) is 13.2 Å². The third-order valence-corrected chi connectivity index (χ3v) is 2.82. The zero-order valence-electron chi connectivity index (χ0n) is 9.05. The van der Waals surface area contributed by atoms with Crippen molar-refractivity contribution >= 4 is 46.4 Å². The maximum atomic E-state index is 12.5. The highest BCUT2D eigenvalue weighted by molar-refractivity contribution is 6.66. The van der Waals surface area contributed by atoms with Crippen molar-refractivity contribution in [2.24, 2.45) is 0 Å². The van der Waals surface area contributed by atoms with Gasteiger partial charge >= 0.3 is 6.18 Å². The van der Waals surface area contributed by atoms with Gasteiger partial charge in [-0.25, -0.2) is 0 Å². The number of aromatic nitrogens is 3. The molecule has 0 bridgehead atoms. The number of rotatable bonds is 1. The topological polar surface area (TPSA) is 51.8 Å². The molecule has 2 aromatic rings. The van der Waals surface area contributed by atoms with E-state index in [1.54, 1.807) is 0 Å². The van der Waals surface area contributed by atoms with Crippen molar-refractivity contribution in [1.82, 2.24) is 15.1 Å². The molecule has 2 heterocycles. The predicted octanol–water partition coefficient (Wildman–Crippen LogP) is 4.63. The molecule has 2 rings (SSSR count). The lowest BCUT2D eigenvalue weighted by molar-refractivity contribution is -0.137. The number of hydrogen-bond donors (Lipinski definition) is 0. The van der Waals surface area contributed by atoms with Crippen LogP contribution in [0.15, 0.2) is 16.8 Å². The molecule has 0 amide bonds. The summed E-state index contributed by atoms with van der Waals surface area (Å²) in [6, 6.07) is 0.690. The summed E-state index contributed by atoms with van der Waals surface area (Å²) in [6.07, 6.45) is -3.97. The summed E-state index contributed by atoms with van der Waals surface area (Å²) in [6.45, 7) is 0. The Balaban J connectivity index is 2.42. The maximum Gasteiger partial charge on any atom is 0.417 e. The summed E-state index contributed by atoms with van der Waals surface area (Å²) in [5.74, 6) is -0.541. The standard InChI is InChI=1S/C9H2Cl4F3N3O/c10-4-1-3(9(14,15)16)2-17-5(4)6-18-7(20-19-6)8(11,12)13/h1-2H. The van der Waals surface area contributed by atoms with Crippen LogP contribution in [-0.4, -0.2) is 15.1 Å². The Hall–Kier alpha value is -0.760.